The largest absolute Gasteiger partial charge is 0.379 e. The Kier molecular flexibility index (Phi) is 5.83. The number of nitrogens with one attached hydrogen (secondary N) is 1. The number of aromatic nitrogens is 4. The van der Waals surface area contributed by atoms with Crippen molar-refractivity contribution in [3.8, 4) is 5.69 Å². The number of tetrazole rings is 1. The van der Waals surface area contributed by atoms with E-state index in [0.717, 1.165) is 4.90 Å². The Bertz CT molecular complexity index is 1370. The van der Waals surface area contributed by atoms with Gasteiger partial charge in [0.05, 0.1) is 30.3 Å². The van der Waals surface area contributed by atoms with Crippen LogP contribution in [-0.4, -0.2) is 76.1 Å². The minimum atomic E-state index is -3.71. The molecule has 2 aliphatic rings. The van der Waals surface area contributed by atoms with Gasteiger partial charge in [-0.1, -0.05) is 24.3 Å². The molecule has 13 heteroatoms. The quantitative estimate of drug-likeness (QED) is 0.490. The smallest absolute Gasteiger partial charge is 0.325 e. The van der Waals surface area contributed by atoms with Crippen molar-refractivity contribution in [3.05, 3.63) is 66.0 Å². The number of hydrogen-bond donors (Lipinski definition) is 1. The standard InChI is InChI=1S/C22H23N7O5S/c1-22(17-5-3-6-18(13-17)29-15-23-25-26-29)20(30)28(21(31)24-22)14-16-4-2-7-19(12-16)35(32,33)27-8-10-34-11-9-27/h2-7,12-13,15H,8-11,14H2,1H3,(H,24,31)/t22-/m1/s1. The van der Waals surface area contributed by atoms with Crippen LogP contribution in [0.4, 0.5) is 4.79 Å². The van der Waals surface area contributed by atoms with Crippen molar-refractivity contribution in [2.45, 2.75) is 23.9 Å². The highest BCUT2D eigenvalue weighted by Gasteiger charge is 2.49. The Morgan fingerprint density at radius 1 is 1.09 bits per heavy atom. The third-order valence-electron chi connectivity index (χ3n) is 6.16. The molecule has 0 radical (unpaired) electrons. The van der Waals surface area contributed by atoms with E-state index in [1.165, 1.54) is 27.4 Å². The number of morpholine rings is 1. The molecule has 12 nitrogen and oxygen atoms in total. The summed E-state index contributed by atoms with van der Waals surface area (Å²) in [4.78, 5) is 27.5. The van der Waals surface area contributed by atoms with Gasteiger partial charge in [0.25, 0.3) is 5.91 Å². The van der Waals surface area contributed by atoms with E-state index in [4.69, 9.17) is 4.74 Å². The first-order valence-corrected chi connectivity index (χ1v) is 12.4. The molecule has 2 aliphatic heterocycles. The number of ether oxygens (including phenoxy) is 1. The van der Waals surface area contributed by atoms with Gasteiger partial charge in [0.15, 0.2) is 0 Å². The van der Waals surface area contributed by atoms with Gasteiger partial charge >= 0.3 is 6.03 Å². The minimum absolute atomic E-state index is 0.0700. The number of benzene rings is 2. The molecule has 2 fully saturated rings. The molecule has 1 N–H and O–H groups in total. The molecule has 35 heavy (non-hydrogen) atoms. The van der Waals surface area contributed by atoms with Crippen molar-refractivity contribution < 1.29 is 22.7 Å². The molecule has 182 valence electrons. The Balaban J connectivity index is 1.39. The molecular formula is C22H23N7O5S. The van der Waals surface area contributed by atoms with Crippen LogP contribution in [0.25, 0.3) is 5.69 Å². The summed E-state index contributed by atoms with van der Waals surface area (Å²) in [6.07, 6.45) is 1.43. The predicted octanol–water partition coefficient (Wildman–Crippen LogP) is 0.650. The maximum Gasteiger partial charge on any atom is 0.325 e. The zero-order chi connectivity index (χ0) is 24.6. The first-order chi connectivity index (χ1) is 16.8. The number of urea groups is 1. The van der Waals surface area contributed by atoms with Crippen molar-refractivity contribution >= 4 is 22.0 Å². The van der Waals surface area contributed by atoms with E-state index in [9.17, 15) is 18.0 Å². The second kappa shape index (κ2) is 8.83. The van der Waals surface area contributed by atoms with E-state index >= 15 is 0 Å². The van der Waals surface area contributed by atoms with Crippen molar-refractivity contribution in [1.29, 1.82) is 0 Å². The lowest BCUT2D eigenvalue weighted by Gasteiger charge is -2.26. The first kappa shape index (κ1) is 23.1. The number of rotatable bonds is 6. The Morgan fingerprint density at radius 3 is 2.60 bits per heavy atom. The molecule has 0 unspecified atom stereocenters. The van der Waals surface area contributed by atoms with Gasteiger partial charge in [-0.05, 0) is 52.7 Å². The second-order valence-electron chi connectivity index (χ2n) is 8.42. The average molecular weight is 498 g/mol. The summed E-state index contributed by atoms with van der Waals surface area (Å²) in [5, 5.41) is 13.9. The second-order valence-corrected chi connectivity index (χ2v) is 10.4. The van der Waals surface area contributed by atoms with Gasteiger partial charge < -0.3 is 10.1 Å². The fourth-order valence-electron chi connectivity index (χ4n) is 4.20. The number of hydrogen-bond acceptors (Lipinski definition) is 8. The highest BCUT2D eigenvalue weighted by Crippen LogP contribution is 2.31. The zero-order valence-corrected chi connectivity index (χ0v) is 19.7. The summed E-state index contributed by atoms with van der Waals surface area (Å²) in [5.41, 5.74) is 0.415. The Labute approximate surface area is 201 Å². The molecule has 0 bridgehead atoms. The number of nitrogens with zero attached hydrogens (tertiary/aromatic N) is 6. The molecule has 3 amide bonds. The van der Waals surface area contributed by atoms with E-state index in [1.54, 1.807) is 43.3 Å². The van der Waals surface area contributed by atoms with Crippen LogP contribution in [0.2, 0.25) is 0 Å². The van der Waals surface area contributed by atoms with Crippen molar-refractivity contribution in [1.82, 2.24) is 34.7 Å². The van der Waals surface area contributed by atoms with Crippen molar-refractivity contribution in [2.24, 2.45) is 0 Å². The normalized spacial score (nSPS) is 21.3. The summed E-state index contributed by atoms with van der Waals surface area (Å²) in [6.45, 7) is 2.80. The van der Waals surface area contributed by atoms with E-state index < -0.39 is 27.5 Å². The van der Waals surface area contributed by atoms with Gasteiger partial charge in [0.2, 0.25) is 10.0 Å². The van der Waals surface area contributed by atoms with E-state index in [2.05, 4.69) is 20.8 Å². The Hall–Kier alpha value is -3.68. The Morgan fingerprint density at radius 2 is 1.86 bits per heavy atom. The maximum atomic E-state index is 13.4. The number of imide groups is 1. The van der Waals surface area contributed by atoms with Crippen LogP contribution in [0.1, 0.15) is 18.1 Å². The lowest BCUT2D eigenvalue weighted by atomic mass is 9.91. The number of sulfonamides is 1. The molecular weight excluding hydrogens is 474 g/mol. The van der Waals surface area contributed by atoms with E-state index in [0.29, 0.717) is 30.0 Å². The van der Waals surface area contributed by atoms with Gasteiger partial charge in [0.1, 0.15) is 11.9 Å². The SMILES string of the molecule is C[C@]1(c2cccc(-n3cnnn3)c2)NC(=O)N(Cc2cccc(S(=O)(=O)N3CCOCC3)c2)C1=O. The fourth-order valence-corrected chi connectivity index (χ4v) is 5.68. The molecule has 0 spiro atoms. The van der Waals surface area contributed by atoms with Crippen LogP contribution < -0.4 is 5.32 Å². The lowest BCUT2D eigenvalue weighted by Crippen LogP contribution is -2.41. The summed E-state index contributed by atoms with van der Waals surface area (Å²) in [6, 6.07) is 12.7. The lowest BCUT2D eigenvalue weighted by molar-refractivity contribution is -0.131. The summed E-state index contributed by atoms with van der Waals surface area (Å²) in [7, 11) is -3.71. The van der Waals surface area contributed by atoms with E-state index in [1.807, 2.05) is 0 Å². The zero-order valence-electron chi connectivity index (χ0n) is 18.9. The number of carbonyl (C=O) groups excluding carboxylic acids is 2. The van der Waals surface area contributed by atoms with Gasteiger partial charge in [-0.3, -0.25) is 9.69 Å². The van der Waals surface area contributed by atoms with Crippen LogP contribution in [0, 0.1) is 0 Å². The molecule has 3 heterocycles. The van der Waals surface area contributed by atoms with Crippen LogP contribution in [0.5, 0.6) is 0 Å². The highest BCUT2D eigenvalue weighted by atomic mass is 32.2. The fraction of sp³-hybridized carbons (Fsp3) is 0.318. The molecule has 2 aromatic carbocycles. The van der Waals surface area contributed by atoms with Crippen molar-refractivity contribution in [2.75, 3.05) is 26.3 Å². The number of carbonyl (C=O) groups is 2. The molecule has 0 aliphatic carbocycles. The summed E-state index contributed by atoms with van der Waals surface area (Å²) >= 11 is 0. The van der Waals surface area contributed by atoms with Gasteiger partial charge in [-0.15, -0.1) is 5.10 Å². The molecule has 1 atom stereocenters. The van der Waals surface area contributed by atoms with Crippen molar-refractivity contribution in [3.63, 3.8) is 0 Å². The third-order valence-corrected chi connectivity index (χ3v) is 8.05. The topological polar surface area (TPSA) is 140 Å². The predicted molar refractivity (Wildman–Crippen MR) is 122 cm³/mol. The molecule has 3 aromatic rings. The average Bonchev–Trinajstić information content (AvgIpc) is 3.49. The highest BCUT2D eigenvalue weighted by molar-refractivity contribution is 7.89. The van der Waals surface area contributed by atoms with Gasteiger partial charge in [-0.2, -0.15) is 4.31 Å². The first-order valence-electron chi connectivity index (χ1n) is 10.9. The minimum Gasteiger partial charge on any atom is -0.379 e. The molecule has 5 rings (SSSR count). The third kappa shape index (κ3) is 4.17. The molecule has 2 saturated heterocycles. The van der Waals surface area contributed by atoms with Crippen LogP contribution >= 0.6 is 0 Å². The summed E-state index contributed by atoms with van der Waals surface area (Å²) < 4.78 is 34.1. The summed E-state index contributed by atoms with van der Waals surface area (Å²) in [5.74, 6) is -0.446. The maximum absolute atomic E-state index is 13.4. The van der Waals surface area contributed by atoms with Crippen LogP contribution in [0.3, 0.4) is 0 Å². The van der Waals surface area contributed by atoms with Gasteiger partial charge in [0, 0.05) is 13.1 Å². The van der Waals surface area contributed by atoms with Gasteiger partial charge in [-0.25, -0.2) is 17.9 Å². The monoisotopic (exact) mass is 497 g/mol. The van der Waals surface area contributed by atoms with E-state index in [-0.39, 0.29) is 24.5 Å². The number of amides is 3. The molecule has 1 aromatic heterocycles. The molecule has 0 saturated carbocycles. The van der Waals surface area contributed by atoms with Crippen LogP contribution in [0.15, 0.2) is 59.8 Å². The van der Waals surface area contributed by atoms with Crippen LogP contribution in [-0.2, 0) is 31.6 Å².